The second kappa shape index (κ2) is 6.53. The molecule has 7 heteroatoms. The van der Waals surface area contributed by atoms with Crippen molar-refractivity contribution < 1.29 is 17.9 Å². The minimum Gasteiger partial charge on any atom is -0.392 e. The van der Waals surface area contributed by atoms with E-state index in [-0.39, 0.29) is 13.2 Å². The fraction of sp³-hybridized carbons (Fsp3) is 0.143. The van der Waals surface area contributed by atoms with Gasteiger partial charge in [0.25, 0.3) is 0 Å². The van der Waals surface area contributed by atoms with E-state index in [9.17, 15) is 12.8 Å². The van der Waals surface area contributed by atoms with Crippen LogP contribution in [0.15, 0.2) is 47.4 Å². The summed E-state index contributed by atoms with van der Waals surface area (Å²) < 4.78 is 40.2. The molecule has 2 N–H and O–H groups in total. The zero-order valence-electron chi connectivity index (χ0n) is 10.9. The quantitative estimate of drug-likeness (QED) is 0.885. The van der Waals surface area contributed by atoms with Gasteiger partial charge in [-0.3, -0.25) is 0 Å². The van der Waals surface area contributed by atoms with Gasteiger partial charge in [-0.15, -0.1) is 0 Å². The molecule has 21 heavy (non-hydrogen) atoms. The third-order valence-electron chi connectivity index (χ3n) is 2.85. The second-order valence-electron chi connectivity index (χ2n) is 4.37. The maximum absolute atomic E-state index is 13.7. The summed E-state index contributed by atoms with van der Waals surface area (Å²) in [7, 11) is -4.00. The van der Waals surface area contributed by atoms with Gasteiger partial charge in [0.05, 0.1) is 6.61 Å². The molecule has 0 radical (unpaired) electrons. The molecule has 0 spiro atoms. The van der Waals surface area contributed by atoms with Crippen molar-refractivity contribution in [2.24, 2.45) is 0 Å². The number of halogens is 2. The van der Waals surface area contributed by atoms with Gasteiger partial charge in [0.1, 0.15) is 10.7 Å². The van der Waals surface area contributed by atoms with Crippen LogP contribution in [0, 0.1) is 5.82 Å². The molecule has 0 fully saturated rings. The molecule has 0 aromatic heterocycles. The summed E-state index contributed by atoms with van der Waals surface area (Å²) in [5.74, 6) is -0.865. The van der Waals surface area contributed by atoms with Crippen molar-refractivity contribution >= 4 is 21.6 Å². The molecule has 0 aliphatic heterocycles. The first-order valence-electron chi connectivity index (χ1n) is 6.06. The second-order valence-corrected chi connectivity index (χ2v) is 6.55. The molecule has 0 aliphatic rings. The van der Waals surface area contributed by atoms with E-state index in [2.05, 4.69) is 4.72 Å². The van der Waals surface area contributed by atoms with Gasteiger partial charge < -0.3 is 5.11 Å². The van der Waals surface area contributed by atoms with E-state index in [1.54, 1.807) is 24.3 Å². The average molecular weight is 330 g/mol. The van der Waals surface area contributed by atoms with E-state index in [4.69, 9.17) is 16.7 Å². The van der Waals surface area contributed by atoms with Gasteiger partial charge in [-0.2, -0.15) is 0 Å². The topological polar surface area (TPSA) is 66.4 Å². The number of hydrogen-bond acceptors (Lipinski definition) is 3. The summed E-state index contributed by atoms with van der Waals surface area (Å²) in [6.07, 6.45) is 0. The third kappa shape index (κ3) is 4.01. The maximum Gasteiger partial charge on any atom is 0.243 e. The number of rotatable bonds is 5. The van der Waals surface area contributed by atoms with Crippen molar-refractivity contribution in [2.75, 3.05) is 0 Å². The summed E-state index contributed by atoms with van der Waals surface area (Å²) in [4.78, 5) is -0.483. The predicted octanol–water partition coefficient (Wildman–Crippen LogP) is 2.45. The highest BCUT2D eigenvalue weighted by Crippen LogP contribution is 2.17. The monoisotopic (exact) mass is 329 g/mol. The van der Waals surface area contributed by atoms with Gasteiger partial charge in [0.2, 0.25) is 10.0 Å². The molecular formula is C14H13ClFNO3S. The van der Waals surface area contributed by atoms with Gasteiger partial charge in [-0.1, -0.05) is 29.8 Å². The van der Waals surface area contributed by atoms with E-state index in [0.717, 1.165) is 12.1 Å². The Hall–Kier alpha value is -1.47. The molecule has 0 saturated heterocycles. The zero-order valence-corrected chi connectivity index (χ0v) is 12.5. The molecule has 0 heterocycles. The average Bonchev–Trinajstić information content (AvgIpc) is 2.47. The highest BCUT2D eigenvalue weighted by Gasteiger charge is 2.19. The minimum absolute atomic E-state index is 0.0162. The largest absolute Gasteiger partial charge is 0.392 e. The number of aliphatic hydroxyl groups is 1. The van der Waals surface area contributed by atoms with Gasteiger partial charge in [0, 0.05) is 11.6 Å². The lowest BCUT2D eigenvalue weighted by Crippen LogP contribution is -2.24. The molecule has 2 aromatic rings. The van der Waals surface area contributed by atoms with Crippen LogP contribution in [0.4, 0.5) is 4.39 Å². The highest BCUT2D eigenvalue weighted by molar-refractivity contribution is 7.89. The molecule has 0 bridgehead atoms. The van der Waals surface area contributed by atoms with Crippen molar-refractivity contribution in [1.82, 2.24) is 4.72 Å². The van der Waals surface area contributed by atoms with Crippen molar-refractivity contribution in [3.8, 4) is 0 Å². The maximum atomic E-state index is 13.7. The van der Waals surface area contributed by atoms with Crippen molar-refractivity contribution in [1.29, 1.82) is 0 Å². The lowest BCUT2D eigenvalue weighted by atomic mass is 10.2. The summed E-state index contributed by atoms with van der Waals surface area (Å²) in [5.41, 5.74) is 1.02. The van der Waals surface area contributed by atoms with Crippen LogP contribution in [-0.2, 0) is 23.2 Å². The van der Waals surface area contributed by atoms with Crippen LogP contribution in [0.3, 0.4) is 0 Å². The van der Waals surface area contributed by atoms with Crippen molar-refractivity contribution in [3.05, 3.63) is 64.4 Å². The molecule has 0 atom stereocenters. The number of hydrogen-bond donors (Lipinski definition) is 2. The van der Waals surface area contributed by atoms with E-state index in [1.807, 2.05) is 0 Å². The van der Waals surface area contributed by atoms with E-state index in [1.165, 1.54) is 6.07 Å². The molecule has 0 saturated carbocycles. The number of nitrogens with one attached hydrogen (secondary N) is 1. The van der Waals surface area contributed by atoms with Gasteiger partial charge >= 0.3 is 0 Å². The van der Waals surface area contributed by atoms with Crippen LogP contribution in [-0.4, -0.2) is 13.5 Å². The zero-order chi connectivity index (χ0) is 15.5. The fourth-order valence-corrected chi connectivity index (χ4v) is 2.98. The smallest absolute Gasteiger partial charge is 0.243 e. The Balaban J connectivity index is 2.20. The SMILES string of the molecule is O=S(=O)(NCc1ccc(Cl)cc1)c1cc(CO)ccc1F. The predicted molar refractivity (Wildman–Crippen MR) is 77.8 cm³/mol. The van der Waals surface area contributed by atoms with Crippen LogP contribution in [0.2, 0.25) is 5.02 Å². The van der Waals surface area contributed by atoms with Crippen LogP contribution in [0.5, 0.6) is 0 Å². The molecular weight excluding hydrogens is 317 g/mol. The molecule has 112 valence electrons. The molecule has 4 nitrogen and oxygen atoms in total. The normalized spacial score (nSPS) is 11.6. The van der Waals surface area contributed by atoms with Crippen LogP contribution in [0.25, 0.3) is 0 Å². The van der Waals surface area contributed by atoms with Crippen LogP contribution >= 0.6 is 11.6 Å². The summed E-state index contributed by atoms with van der Waals surface area (Å²) >= 11 is 5.74. The van der Waals surface area contributed by atoms with E-state index < -0.39 is 20.7 Å². The van der Waals surface area contributed by atoms with Crippen molar-refractivity contribution in [3.63, 3.8) is 0 Å². The minimum atomic E-state index is -4.00. The Morgan fingerprint density at radius 1 is 1.10 bits per heavy atom. The Bertz CT molecular complexity index is 732. The molecule has 0 amide bonds. The van der Waals surface area contributed by atoms with Gasteiger partial charge in [-0.05, 0) is 35.4 Å². The molecule has 2 aromatic carbocycles. The van der Waals surface area contributed by atoms with Crippen molar-refractivity contribution in [2.45, 2.75) is 18.0 Å². The molecule has 0 aliphatic carbocycles. The summed E-state index contributed by atoms with van der Waals surface area (Å²) in [5, 5.41) is 9.55. The number of benzene rings is 2. The Morgan fingerprint density at radius 2 is 1.71 bits per heavy atom. The Morgan fingerprint density at radius 3 is 2.33 bits per heavy atom. The van der Waals surface area contributed by atoms with Gasteiger partial charge in [-0.25, -0.2) is 17.5 Å². The first-order chi connectivity index (χ1) is 9.92. The highest BCUT2D eigenvalue weighted by atomic mass is 35.5. The molecule has 2 rings (SSSR count). The number of aliphatic hydroxyl groups excluding tert-OH is 1. The lowest BCUT2D eigenvalue weighted by molar-refractivity contribution is 0.281. The Kier molecular flexibility index (Phi) is 4.95. The fourth-order valence-electron chi connectivity index (χ4n) is 1.71. The lowest BCUT2D eigenvalue weighted by Gasteiger charge is -2.09. The number of sulfonamides is 1. The standard InChI is InChI=1S/C14H13ClFNO3S/c15-12-4-1-10(2-5-12)8-17-21(19,20)14-7-11(9-18)3-6-13(14)16/h1-7,17-18H,8-9H2. The summed E-state index contributed by atoms with van der Waals surface area (Å²) in [6, 6.07) is 10.1. The van der Waals surface area contributed by atoms with Crippen LogP contribution < -0.4 is 4.72 Å². The third-order valence-corrected chi connectivity index (χ3v) is 4.52. The first-order valence-corrected chi connectivity index (χ1v) is 7.92. The van der Waals surface area contributed by atoms with Gasteiger partial charge in [0.15, 0.2) is 0 Å². The van der Waals surface area contributed by atoms with E-state index in [0.29, 0.717) is 16.1 Å². The Labute approximate surface area is 127 Å². The van der Waals surface area contributed by atoms with Crippen LogP contribution in [0.1, 0.15) is 11.1 Å². The first kappa shape index (κ1) is 15.9. The summed E-state index contributed by atoms with van der Waals surface area (Å²) in [6.45, 7) is -0.345. The molecule has 0 unspecified atom stereocenters. The van der Waals surface area contributed by atoms with E-state index >= 15 is 0 Å².